The fourth-order valence-electron chi connectivity index (χ4n) is 1.47. The van der Waals surface area contributed by atoms with Crippen molar-refractivity contribution in [3.8, 4) is 0 Å². The number of urea groups is 1. The number of hydrogen-bond acceptors (Lipinski definition) is 3. The third-order valence-electron chi connectivity index (χ3n) is 3.33. The molecule has 0 radical (unpaired) electrons. The lowest BCUT2D eigenvalue weighted by atomic mass is 10.0. The first-order valence-electron chi connectivity index (χ1n) is 5.93. The summed E-state index contributed by atoms with van der Waals surface area (Å²) < 4.78 is 0. The van der Waals surface area contributed by atoms with Gasteiger partial charge >= 0.3 is 12.0 Å². The molecule has 0 heterocycles. The first-order valence-corrected chi connectivity index (χ1v) is 7.32. The lowest BCUT2D eigenvalue weighted by Gasteiger charge is -2.37. The number of nitrogens with zero attached hydrogens (tertiary/aromatic N) is 2. The van der Waals surface area contributed by atoms with Crippen molar-refractivity contribution < 1.29 is 14.7 Å². The molecule has 0 spiro atoms. The van der Waals surface area contributed by atoms with Crippen LogP contribution in [0.2, 0.25) is 0 Å². The van der Waals surface area contributed by atoms with Gasteiger partial charge in [-0.05, 0) is 26.5 Å². The minimum absolute atomic E-state index is 0.125. The maximum atomic E-state index is 12.2. The standard InChI is InChI=1S/C12H24N2O3S/c1-7-9(8-18-6)13(4)11(17)14(5)12(2,3)10(15)16/h9H,7-8H2,1-6H3,(H,15,16). The minimum atomic E-state index is -1.21. The molecule has 1 N–H and O–H groups in total. The molecule has 0 aliphatic rings. The summed E-state index contributed by atoms with van der Waals surface area (Å²) in [5.41, 5.74) is -1.21. The smallest absolute Gasteiger partial charge is 0.329 e. The summed E-state index contributed by atoms with van der Waals surface area (Å²) in [6, 6.07) is -0.136. The van der Waals surface area contributed by atoms with Crippen molar-refractivity contribution in [1.82, 2.24) is 9.80 Å². The number of carboxylic acid groups (broad SMARTS) is 1. The van der Waals surface area contributed by atoms with Crippen LogP contribution in [-0.2, 0) is 4.79 Å². The number of carbonyl (C=O) groups is 2. The van der Waals surface area contributed by atoms with Crippen LogP contribution in [0.25, 0.3) is 0 Å². The third kappa shape index (κ3) is 3.80. The van der Waals surface area contributed by atoms with Crippen LogP contribution in [0.4, 0.5) is 4.79 Å². The normalized spacial score (nSPS) is 13.0. The summed E-state index contributed by atoms with van der Waals surface area (Å²) in [4.78, 5) is 26.3. The monoisotopic (exact) mass is 276 g/mol. The summed E-state index contributed by atoms with van der Waals surface area (Å²) >= 11 is 1.68. The molecule has 18 heavy (non-hydrogen) atoms. The Hall–Kier alpha value is -0.910. The van der Waals surface area contributed by atoms with Crippen molar-refractivity contribution in [1.29, 1.82) is 0 Å². The molecule has 0 aromatic carbocycles. The van der Waals surface area contributed by atoms with E-state index in [1.165, 1.54) is 25.8 Å². The van der Waals surface area contributed by atoms with Crippen LogP contribution >= 0.6 is 11.8 Å². The van der Waals surface area contributed by atoms with Gasteiger partial charge in [0.1, 0.15) is 5.54 Å². The Labute approximate surface area is 114 Å². The molecule has 0 aromatic heterocycles. The molecule has 0 aromatic rings. The summed E-state index contributed by atoms with van der Waals surface area (Å²) in [6.07, 6.45) is 2.84. The van der Waals surface area contributed by atoms with Crippen LogP contribution in [0.1, 0.15) is 27.2 Å². The molecule has 0 aliphatic carbocycles. The van der Waals surface area contributed by atoms with E-state index in [9.17, 15) is 9.59 Å². The summed E-state index contributed by atoms with van der Waals surface area (Å²) in [6.45, 7) is 5.07. The summed E-state index contributed by atoms with van der Waals surface area (Å²) in [5, 5.41) is 9.12. The van der Waals surface area contributed by atoms with Gasteiger partial charge < -0.3 is 14.9 Å². The maximum absolute atomic E-state index is 12.2. The Morgan fingerprint density at radius 1 is 1.33 bits per heavy atom. The molecule has 106 valence electrons. The Bertz CT molecular complexity index is 308. The zero-order valence-corrected chi connectivity index (χ0v) is 12.9. The van der Waals surface area contributed by atoms with E-state index in [0.717, 1.165) is 12.2 Å². The first kappa shape index (κ1) is 17.1. The third-order valence-corrected chi connectivity index (χ3v) is 4.05. The molecule has 0 fully saturated rings. The molecule has 5 nitrogen and oxygen atoms in total. The second kappa shape index (κ2) is 6.87. The second-order valence-corrected chi connectivity index (χ2v) is 5.74. The van der Waals surface area contributed by atoms with Gasteiger partial charge in [-0.25, -0.2) is 9.59 Å². The Balaban J connectivity index is 4.88. The lowest BCUT2D eigenvalue weighted by molar-refractivity contribution is -0.147. The number of hydrogen-bond donors (Lipinski definition) is 1. The van der Waals surface area contributed by atoms with Crippen LogP contribution in [-0.4, -0.2) is 64.6 Å². The minimum Gasteiger partial charge on any atom is -0.480 e. The number of carboxylic acids is 1. The van der Waals surface area contributed by atoms with Crippen molar-refractivity contribution in [2.45, 2.75) is 38.8 Å². The molecular formula is C12H24N2O3S. The Morgan fingerprint density at radius 3 is 2.17 bits per heavy atom. The van der Waals surface area contributed by atoms with Gasteiger partial charge in [-0.1, -0.05) is 6.92 Å². The SMILES string of the molecule is CCC(CSC)N(C)C(=O)N(C)C(C)(C)C(=O)O. The number of thioether (sulfide) groups is 1. The fraction of sp³-hybridized carbons (Fsp3) is 0.833. The molecule has 0 saturated carbocycles. The number of likely N-dealkylation sites (N-methyl/N-ethyl adjacent to an activating group) is 1. The van der Waals surface area contributed by atoms with Gasteiger partial charge in [-0.2, -0.15) is 11.8 Å². The van der Waals surface area contributed by atoms with Crippen molar-refractivity contribution in [2.24, 2.45) is 0 Å². The molecule has 2 amide bonds. The summed E-state index contributed by atoms with van der Waals surface area (Å²) in [7, 11) is 3.25. The maximum Gasteiger partial charge on any atom is 0.329 e. The largest absolute Gasteiger partial charge is 0.480 e. The van der Waals surface area contributed by atoms with E-state index < -0.39 is 11.5 Å². The van der Waals surface area contributed by atoms with E-state index in [1.54, 1.807) is 23.7 Å². The first-order chi connectivity index (χ1) is 8.19. The zero-order valence-electron chi connectivity index (χ0n) is 12.1. The lowest BCUT2D eigenvalue weighted by Crippen LogP contribution is -2.56. The topological polar surface area (TPSA) is 60.9 Å². The molecule has 6 heteroatoms. The van der Waals surface area contributed by atoms with E-state index >= 15 is 0 Å². The van der Waals surface area contributed by atoms with Crippen LogP contribution in [0.5, 0.6) is 0 Å². The molecule has 1 atom stereocenters. The fourth-order valence-corrected chi connectivity index (χ4v) is 2.32. The number of carbonyl (C=O) groups excluding carboxylic acids is 1. The Kier molecular flexibility index (Phi) is 6.52. The van der Waals surface area contributed by atoms with Gasteiger partial charge in [0.15, 0.2) is 0 Å². The van der Waals surface area contributed by atoms with Gasteiger partial charge in [0.05, 0.1) is 0 Å². The highest BCUT2D eigenvalue weighted by atomic mass is 32.2. The molecular weight excluding hydrogens is 252 g/mol. The highest BCUT2D eigenvalue weighted by molar-refractivity contribution is 7.98. The van der Waals surface area contributed by atoms with Crippen molar-refractivity contribution >= 4 is 23.8 Å². The van der Waals surface area contributed by atoms with E-state index in [2.05, 4.69) is 0 Å². The van der Waals surface area contributed by atoms with Crippen LogP contribution in [0, 0.1) is 0 Å². The van der Waals surface area contributed by atoms with Crippen LogP contribution in [0.15, 0.2) is 0 Å². The molecule has 0 bridgehead atoms. The highest BCUT2D eigenvalue weighted by Crippen LogP contribution is 2.17. The predicted octanol–water partition coefficient (Wildman–Crippen LogP) is 1.97. The average Bonchev–Trinajstić information content (AvgIpc) is 2.32. The van der Waals surface area contributed by atoms with E-state index in [-0.39, 0.29) is 12.1 Å². The van der Waals surface area contributed by atoms with Gasteiger partial charge in [0.2, 0.25) is 0 Å². The van der Waals surface area contributed by atoms with Gasteiger partial charge in [-0.3, -0.25) is 0 Å². The van der Waals surface area contributed by atoms with Gasteiger partial charge in [0.25, 0.3) is 0 Å². The van der Waals surface area contributed by atoms with Gasteiger partial charge in [-0.15, -0.1) is 0 Å². The quantitative estimate of drug-likeness (QED) is 0.806. The molecule has 0 aliphatic heterocycles. The van der Waals surface area contributed by atoms with Crippen LogP contribution < -0.4 is 0 Å². The molecule has 1 unspecified atom stereocenters. The Morgan fingerprint density at radius 2 is 1.83 bits per heavy atom. The predicted molar refractivity (Wildman–Crippen MR) is 75.1 cm³/mol. The van der Waals surface area contributed by atoms with Crippen LogP contribution in [0.3, 0.4) is 0 Å². The van der Waals surface area contributed by atoms with Crippen molar-refractivity contribution in [2.75, 3.05) is 26.1 Å². The zero-order chi connectivity index (χ0) is 14.5. The second-order valence-electron chi connectivity index (χ2n) is 4.83. The average molecular weight is 276 g/mol. The molecule has 0 saturated heterocycles. The number of rotatable bonds is 6. The summed E-state index contributed by atoms with van der Waals surface area (Å²) in [5.74, 6) is -0.162. The van der Waals surface area contributed by atoms with Gasteiger partial charge in [0, 0.05) is 25.9 Å². The number of amides is 2. The highest BCUT2D eigenvalue weighted by Gasteiger charge is 2.37. The molecule has 0 rings (SSSR count). The van der Waals surface area contributed by atoms with E-state index in [0.29, 0.717) is 0 Å². The van der Waals surface area contributed by atoms with E-state index in [4.69, 9.17) is 5.11 Å². The van der Waals surface area contributed by atoms with Crippen molar-refractivity contribution in [3.63, 3.8) is 0 Å². The van der Waals surface area contributed by atoms with Crippen molar-refractivity contribution in [3.05, 3.63) is 0 Å². The van der Waals surface area contributed by atoms with E-state index in [1.807, 2.05) is 13.2 Å². The number of aliphatic carboxylic acids is 1.